The molecular weight excluding hydrogens is 452 g/mol. The lowest BCUT2D eigenvalue weighted by Gasteiger charge is -2.27. The van der Waals surface area contributed by atoms with Gasteiger partial charge < -0.3 is 37.0 Å². The number of amides is 3. The molecule has 0 rings (SSSR count). The highest BCUT2D eigenvalue weighted by atomic mass is 16.4. The Kier molecular flexibility index (Phi) is 13.4. The summed E-state index contributed by atoms with van der Waals surface area (Å²) in [5.41, 5.74) is 5.68. The molecule has 0 aliphatic carbocycles. The highest BCUT2D eigenvalue weighted by Gasteiger charge is 2.33. The average molecular weight is 489 g/mol. The van der Waals surface area contributed by atoms with Gasteiger partial charge in [-0.05, 0) is 24.7 Å². The molecule has 13 heteroatoms. The number of hydrogen-bond acceptors (Lipinski definition) is 7. The zero-order valence-corrected chi connectivity index (χ0v) is 19.9. The third-order valence-electron chi connectivity index (χ3n) is 5.31. The Hall–Kier alpha value is -3.22. The molecule has 0 radical (unpaired) electrons. The molecule has 0 aliphatic rings. The van der Waals surface area contributed by atoms with Crippen LogP contribution in [0.15, 0.2) is 0 Å². The average Bonchev–Trinajstić information content (AvgIpc) is 2.74. The molecule has 0 aliphatic heterocycles. The van der Waals surface area contributed by atoms with E-state index in [1.807, 2.05) is 0 Å². The van der Waals surface area contributed by atoms with E-state index in [0.717, 1.165) is 0 Å². The zero-order valence-electron chi connectivity index (χ0n) is 19.9. The zero-order chi connectivity index (χ0) is 26.6. The largest absolute Gasteiger partial charge is 0.481 e. The molecule has 0 spiro atoms. The number of carboxylic acid groups (broad SMARTS) is 3. The van der Waals surface area contributed by atoms with E-state index in [-0.39, 0.29) is 19.3 Å². The van der Waals surface area contributed by atoms with Crippen molar-refractivity contribution >= 4 is 35.6 Å². The van der Waals surface area contributed by atoms with Crippen LogP contribution >= 0.6 is 0 Å². The van der Waals surface area contributed by atoms with E-state index in [9.17, 15) is 33.9 Å². The number of aliphatic carboxylic acids is 3. The summed E-state index contributed by atoms with van der Waals surface area (Å²) in [7, 11) is 0. The summed E-state index contributed by atoms with van der Waals surface area (Å²) in [4.78, 5) is 71.2. The third-order valence-corrected chi connectivity index (χ3v) is 5.31. The minimum atomic E-state index is -1.37. The van der Waals surface area contributed by atoms with Crippen LogP contribution in [0.5, 0.6) is 0 Å². The van der Waals surface area contributed by atoms with Crippen molar-refractivity contribution in [1.82, 2.24) is 16.0 Å². The van der Waals surface area contributed by atoms with Crippen LogP contribution in [0.3, 0.4) is 0 Å². The molecule has 0 saturated carbocycles. The van der Waals surface area contributed by atoms with Crippen LogP contribution in [0, 0.1) is 11.8 Å². The van der Waals surface area contributed by atoms with Gasteiger partial charge in [-0.15, -0.1) is 0 Å². The molecule has 0 saturated heterocycles. The first-order valence-corrected chi connectivity index (χ1v) is 11.0. The Morgan fingerprint density at radius 3 is 1.68 bits per heavy atom. The first-order chi connectivity index (χ1) is 15.7. The van der Waals surface area contributed by atoms with Gasteiger partial charge in [-0.1, -0.05) is 34.1 Å². The quantitative estimate of drug-likeness (QED) is 0.144. The number of carbonyl (C=O) groups is 6. The lowest BCUT2D eigenvalue weighted by Crippen LogP contribution is -2.59. The molecule has 0 aromatic carbocycles. The SMILES string of the molecule is CCC(C)C(NC(=O)C(CCC(=O)O)NC(=O)C(NC(=O)C(N)CCC(=O)O)C(C)C)C(=O)O. The number of carbonyl (C=O) groups excluding carboxylic acids is 3. The van der Waals surface area contributed by atoms with E-state index >= 15 is 0 Å². The van der Waals surface area contributed by atoms with Crippen LogP contribution in [-0.4, -0.2) is 75.1 Å². The second-order valence-corrected chi connectivity index (χ2v) is 8.47. The van der Waals surface area contributed by atoms with Crippen molar-refractivity contribution in [1.29, 1.82) is 0 Å². The molecule has 3 amide bonds. The van der Waals surface area contributed by atoms with Gasteiger partial charge in [-0.25, -0.2) is 4.79 Å². The molecule has 0 aromatic heterocycles. The Morgan fingerprint density at radius 1 is 0.735 bits per heavy atom. The number of carboxylic acids is 3. The monoisotopic (exact) mass is 488 g/mol. The fourth-order valence-electron chi connectivity index (χ4n) is 2.94. The van der Waals surface area contributed by atoms with Gasteiger partial charge in [0.25, 0.3) is 0 Å². The maximum atomic E-state index is 12.9. The molecule has 13 nitrogen and oxygen atoms in total. The molecule has 5 atom stereocenters. The first kappa shape index (κ1) is 30.8. The molecule has 194 valence electrons. The smallest absolute Gasteiger partial charge is 0.326 e. The van der Waals surface area contributed by atoms with Crippen molar-refractivity contribution in [2.75, 3.05) is 0 Å². The van der Waals surface area contributed by atoms with E-state index in [1.165, 1.54) is 0 Å². The van der Waals surface area contributed by atoms with Crippen molar-refractivity contribution in [3.05, 3.63) is 0 Å². The lowest BCUT2D eigenvalue weighted by atomic mass is 9.98. The van der Waals surface area contributed by atoms with Gasteiger partial charge in [0.2, 0.25) is 17.7 Å². The van der Waals surface area contributed by atoms with Gasteiger partial charge in [-0.2, -0.15) is 0 Å². The van der Waals surface area contributed by atoms with Gasteiger partial charge >= 0.3 is 17.9 Å². The minimum absolute atomic E-state index is 0.149. The maximum Gasteiger partial charge on any atom is 0.326 e. The molecule has 8 N–H and O–H groups in total. The predicted octanol–water partition coefficient (Wildman–Crippen LogP) is -0.716. The van der Waals surface area contributed by atoms with Crippen molar-refractivity contribution in [2.45, 2.75) is 84.0 Å². The Balaban J connectivity index is 5.52. The van der Waals surface area contributed by atoms with E-state index in [4.69, 9.17) is 15.9 Å². The summed E-state index contributed by atoms with van der Waals surface area (Å²) in [6.45, 7) is 6.60. The fraction of sp³-hybridized carbons (Fsp3) is 0.714. The van der Waals surface area contributed by atoms with Crippen LogP contribution in [0.25, 0.3) is 0 Å². The number of hydrogen-bond donors (Lipinski definition) is 7. The van der Waals surface area contributed by atoms with Crippen LogP contribution in [0.1, 0.15) is 59.8 Å². The van der Waals surface area contributed by atoms with Gasteiger partial charge in [0.05, 0.1) is 6.04 Å². The van der Waals surface area contributed by atoms with E-state index in [0.29, 0.717) is 6.42 Å². The number of nitrogens with two attached hydrogens (primary N) is 1. The van der Waals surface area contributed by atoms with E-state index in [1.54, 1.807) is 27.7 Å². The minimum Gasteiger partial charge on any atom is -0.481 e. The van der Waals surface area contributed by atoms with Crippen LogP contribution in [0.4, 0.5) is 0 Å². The van der Waals surface area contributed by atoms with Crippen molar-refractivity contribution < 1.29 is 44.1 Å². The molecule has 34 heavy (non-hydrogen) atoms. The Morgan fingerprint density at radius 2 is 1.24 bits per heavy atom. The molecule has 0 heterocycles. The van der Waals surface area contributed by atoms with Gasteiger partial charge in [-0.3, -0.25) is 24.0 Å². The topological polar surface area (TPSA) is 225 Å². The van der Waals surface area contributed by atoms with Crippen LogP contribution in [0.2, 0.25) is 0 Å². The molecule has 0 aromatic rings. The highest BCUT2D eigenvalue weighted by molar-refractivity contribution is 5.94. The van der Waals surface area contributed by atoms with Crippen molar-refractivity contribution in [3.8, 4) is 0 Å². The summed E-state index contributed by atoms with van der Waals surface area (Å²) in [5, 5.41) is 34.3. The Bertz CT molecular complexity index is 757. The molecular formula is C21H36N4O9. The summed E-state index contributed by atoms with van der Waals surface area (Å²) in [6.07, 6.45) is -0.823. The van der Waals surface area contributed by atoms with Gasteiger partial charge in [0, 0.05) is 12.8 Å². The summed E-state index contributed by atoms with van der Waals surface area (Å²) >= 11 is 0. The third kappa shape index (κ3) is 11.1. The standard InChI is InChI=1S/C21H36N4O9/c1-5-11(4)17(21(33)34)25-19(31)13(7-9-15(28)29)23-20(32)16(10(2)3)24-18(30)12(22)6-8-14(26)27/h10-13,16-17H,5-9,22H2,1-4H3,(H,23,32)(H,24,30)(H,25,31)(H,26,27)(H,28,29)(H,33,34). The summed E-state index contributed by atoms with van der Waals surface area (Å²) < 4.78 is 0. The lowest BCUT2D eigenvalue weighted by molar-refractivity contribution is -0.144. The number of rotatable bonds is 16. The normalized spacial score (nSPS) is 15.4. The van der Waals surface area contributed by atoms with Gasteiger partial charge in [0.1, 0.15) is 18.1 Å². The molecule has 0 fully saturated rings. The second-order valence-electron chi connectivity index (χ2n) is 8.47. The molecule has 0 bridgehead atoms. The first-order valence-electron chi connectivity index (χ1n) is 11.0. The highest BCUT2D eigenvalue weighted by Crippen LogP contribution is 2.10. The van der Waals surface area contributed by atoms with E-state index in [2.05, 4.69) is 16.0 Å². The van der Waals surface area contributed by atoms with Gasteiger partial charge in [0.15, 0.2) is 0 Å². The van der Waals surface area contributed by atoms with Crippen LogP contribution < -0.4 is 21.7 Å². The summed E-state index contributed by atoms with van der Waals surface area (Å²) in [5.74, 6) is -6.94. The van der Waals surface area contributed by atoms with E-state index < -0.39 is 78.1 Å². The fourth-order valence-corrected chi connectivity index (χ4v) is 2.94. The maximum absolute atomic E-state index is 12.9. The Labute approximate surface area is 197 Å². The second kappa shape index (κ2) is 14.8. The van der Waals surface area contributed by atoms with Crippen LogP contribution in [-0.2, 0) is 28.8 Å². The number of nitrogens with one attached hydrogen (secondary N) is 3. The van der Waals surface area contributed by atoms with Crippen molar-refractivity contribution in [2.24, 2.45) is 17.6 Å². The summed E-state index contributed by atoms with van der Waals surface area (Å²) in [6, 6.07) is -4.95. The molecule has 5 unspecified atom stereocenters. The van der Waals surface area contributed by atoms with Crippen molar-refractivity contribution in [3.63, 3.8) is 0 Å². The predicted molar refractivity (Wildman–Crippen MR) is 119 cm³/mol.